The van der Waals surface area contributed by atoms with Gasteiger partial charge >= 0.3 is 0 Å². The van der Waals surface area contributed by atoms with Gasteiger partial charge in [0, 0.05) is 19.3 Å². The maximum Gasteiger partial charge on any atom is 0.270 e. The fraction of sp³-hybridized carbons (Fsp3) is 0.263. The number of carbonyl (C=O) groups excluding carboxylic acids is 1. The number of aryl methyl sites for hydroxylation is 1. The molecule has 0 aliphatic heterocycles. The molecule has 5 nitrogen and oxygen atoms in total. The van der Waals surface area contributed by atoms with E-state index in [0.717, 1.165) is 12.1 Å². The van der Waals surface area contributed by atoms with Gasteiger partial charge in [-0.2, -0.15) is 5.10 Å². The fourth-order valence-corrected chi connectivity index (χ4v) is 2.90. The van der Waals surface area contributed by atoms with Crippen LogP contribution in [0.1, 0.15) is 30.8 Å². The molecule has 0 saturated carbocycles. The molecule has 1 atom stereocenters. The van der Waals surface area contributed by atoms with Crippen LogP contribution in [-0.2, 0) is 7.05 Å². The molecule has 1 N–H and O–H groups in total. The molecule has 0 aliphatic rings. The van der Waals surface area contributed by atoms with Crippen LogP contribution >= 0.6 is 23.2 Å². The number of hydrogen-bond acceptors (Lipinski definition) is 2. The highest BCUT2D eigenvalue weighted by Crippen LogP contribution is 2.27. The second-order valence-electron chi connectivity index (χ2n) is 6.21. The number of carbonyl (C=O) groups is 1. The minimum absolute atomic E-state index is 0.0677. The Bertz CT molecular complexity index is 945. The van der Waals surface area contributed by atoms with Crippen molar-refractivity contribution in [2.75, 3.05) is 0 Å². The van der Waals surface area contributed by atoms with E-state index in [2.05, 4.69) is 10.4 Å². The van der Waals surface area contributed by atoms with Crippen LogP contribution in [0, 0.1) is 0 Å². The van der Waals surface area contributed by atoms with E-state index in [1.165, 1.54) is 0 Å². The number of hydrogen-bond donors (Lipinski definition) is 1. The average molecular weight is 391 g/mol. The van der Waals surface area contributed by atoms with Gasteiger partial charge < -0.3 is 9.88 Å². The van der Waals surface area contributed by atoms with Gasteiger partial charge in [-0.25, -0.2) is 4.68 Å². The Morgan fingerprint density at radius 3 is 2.62 bits per heavy atom. The van der Waals surface area contributed by atoms with E-state index >= 15 is 0 Å². The van der Waals surface area contributed by atoms with Gasteiger partial charge in [0.15, 0.2) is 0 Å². The zero-order valence-electron chi connectivity index (χ0n) is 14.8. The smallest absolute Gasteiger partial charge is 0.270 e. The van der Waals surface area contributed by atoms with Crippen LogP contribution in [0.15, 0.2) is 42.6 Å². The lowest BCUT2D eigenvalue weighted by Gasteiger charge is -2.12. The lowest BCUT2D eigenvalue weighted by molar-refractivity contribution is 0.0931. The van der Waals surface area contributed by atoms with Gasteiger partial charge in [0.25, 0.3) is 5.91 Å². The quantitative estimate of drug-likeness (QED) is 0.685. The number of amides is 1. The first-order chi connectivity index (χ1) is 12.4. The summed E-state index contributed by atoms with van der Waals surface area (Å²) in [4.78, 5) is 12.8. The molecule has 2 aromatic heterocycles. The van der Waals surface area contributed by atoms with Crippen molar-refractivity contribution in [1.29, 1.82) is 0 Å². The lowest BCUT2D eigenvalue weighted by atomic mass is 10.2. The molecule has 2 heterocycles. The van der Waals surface area contributed by atoms with Crippen LogP contribution in [0.3, 0.4) is 0 Å². The molecule has 0 bridgehead atoms. The van der Waals surface area contributed by atoms with Crippen molar-refractivity contribution >= 4 is 29.1 Å². The first kappa shape index (κ1) is 18.5. The van der Waals surface area contributed by atoms with E-state index < -0.39 is 0 Å². The van der Waals surface area contributed by atoms with E-state index in [-0.39, 0.29) is 11.9 Å². The summed E-state index contributed by atoms with van der Waals surface area (Å²) in [6, 6.07) is 10.9. The number of rotatable bonds is 5. The van der Waals surface area contributed by atoms with Gasteiger partial charge in [0.05, 0.1) is 21.4 Å². The lowest BCUT2D eigenvalue weighted by Crippen LogP contribution is -2.33. The van der Waals surface area contributed by atoms with Crippen molar-refractivity contribution in [3.8, 4) is 17.1 Å². The fourth-order valence-electron chi connectivity index (χ4n) is 2.61. The summed E-state index contributed by atoms with van der Waals surface area (Å²) in [7, 11) is 1.94. The van der Waals surface area contributed by atoms with Crippen molar-refractivity contribution < 1.29 is 4.79 Å². The number of nitrogens with zero attached hydrogens (tertiary/aromatic N) is 3. The Kier molecular flexibility index (Phi) is 5.39. The third-order valence-corrected chi connectivity index (χ3v) is 5.02. The Morgan fingerprint density at radius 1 is 1.23 bits per heavy atom. The van der Waals surface area contributed by atoms with Crippen LogP contribution in [0.5, 0.6) is 0 Å². The highest BCUT2D eigenvalue weighted by atomic mass is 35.5. The summed E-state index contributed by atoms with van der Waals surface area (Å²) >= 11 is 12.2. The van der Waals surface area contributed by atoms with Crippen LogP contribution in [0.2, 0.25) is 10.0 Å². The van der Waals surface area contributed by atoms with E-state index in [9.17, 15) is 4.79 Å². The van der Waals surface area contributed by atoms with E-state index in [1.54, 1.807) is 28.9 Å². The molecule has 1 unspecified atom stereocenters. The molecule has 3 rings (SSSR count). The van der Waals surface area contributed by atoms with Crippen LogP contribution in [0.4, 0.5) is 0 Å². The molecule has 26 heavy (non-hydrogen) atoms. The summed E-state index contributed by atoms with van der Waals surface area (Å²) < 4.78 is 3.56. The topological polar surface area (TPSA) is 51.9 Å². The average Bonchev–Trinajstić information content (AvgIpc) is 3.23. The minimum Gasteiger partial charge on any atom is -0.349 e. The first-order valence-electron chi connectivity index (χ1n) is 8.38. The van der Waals surface area contributed by atoms with Crippen molar-refractivity contribution in [3.05, 3.63) is 58.3 Å². The molecule has 1 amide bonds. The SMILES string of the molecule is CCC(C)NC(=O)c1cc(-c2cccn2C)nn1-c1ccc(Cl)c(Cl)c1. The number of aromatic nitrogens is 3. The second kappa shape index (κ2) is 7.56. The van der Waals surface area contributed by atoms with Gasteiger partial charge in [0.1, 0.15) is 11.4 Å². The highest BCUT2D eigenvalue weighted by molar-refractivity contribution is 6.42. The molecular weight excluding hydrogens is 371 g/mol. The monoisotopic (exact) mass is 390 g/mol. The number of benzene rings is 1. The van der Waals surface area contributed by atoms with Crippen molar-refractivity contribution in [2.24, 2.45) is 7.05 Å². The van der Waals surface area contributed by atoms with Gasteiger partial charge in [-0.3, -0.25) is 4.79 Å². The van der Waals surface area contributed by atoms with E-state index in [0.29, 0.717) is 27.1 Å². The molecule has 0 fully saturated rings. The third-order valence-electron chi connectivity index (χ3n) is 4.29. The molecule has 0 saturated heterocycles. The first-order valence-corrected chi connectivity index (χ1v) is 9.14. The minimum atomic E-state index is -0.182. The third kappa shape index (κ3) is 3.64. The van der Waals surface area contributed by atoms with Crippen LogP contribution in [-0.4, -0.2) is 26.3 Å². The molecule has 0 aliphatic carbocycles. The molecule has 0 radical (unpaired) electrons. The summed E-state index contributed by atoms with van der Waals surface area (Å²) in [6.45, 7) is 3.99. The molecule has 0 spiro atoms. The Morgan fingerprint density at radius 2 is 2.00 bits per heavy atom. The van der Waals surface area contributed by atoms with Gasteiger partial charge in [-0.15, -0.1) is 0 Å². The Balaban J connectivity index is 2.11. The molecule has 136 valence electrons. The standard InChI is InChI=1S/C19H20Cl2N4O/c1-4-12(2)22-19(26)18-11-16(17-6-5-9-24(17)3)23-25(18)13-7-8-14(20)15(21)10-13/h5-12H,4H2,1-3H3,(H,22,26). The van der Waals surface area contributed by atoms with Crippen LogP contribution < -0.4 is 5.32 Å². The van der Waals surface area contributed by atoms with Gasteiger partial charge in [0.2, 0.25) is 0 Å². The van der Waals surface area contributed by atoms with Crippen molar-refractivity contribution in [3.63, 3.8) is 0 Å². The second-order valence-corrected chi connectivity index (χ2v) is 7.03. The Labute approximate surface area is 162 Å². The van der Waals surface area contributed by atoms with Gasteiger partial charge in [-0.05, 0) is 49.7 Å². The predicted molar refractivity (Wildman–Crippen MR) is 105 cm³/mol. The summed E-state index contributed by atoms with van der Waals surface area (Å²) in [5.41, 5.74) is 2.74. The number of halogens is 2. The van der Waals surface area contributed by atoms with Crippen molar-refractivity contribution in [2.45, 2.75) is 26.3 Å². The van der Waals surface area contributed by atoms with E-state index in [4.69, 9.17) is 23.2 Å². The highest BCUT2D eigenvalue weighted by Gasteiger charge is 2.20. The maximum atomic E-state index is 12.8. The molecule has 7 heteroatoms. The Hall–Kier alpha value is -2.24. The number of nitrogens with one attached hydrogen (secondary N) is 1. The maximum absolute atomic E-state index is 12.8. The molecular formula is C19H20Cl2N4O. The van der Waals surface area contributed by atoms with Gasteiger partial charge in [-0.1, -0.05) is 30.1 Å². The predicted octanol–water partition coefficient (Wildman–Crippen LogP) is 4.71. The van der Waals surface area contributed by atoms with E-state index in [1.807, 2.05) is 43.8 Å². The summed E-state index contributed by atoms with van der Waals surface area (Å²) in [6.07, 6.45) is 2.78. The van der Waals surface area contributed by atoms with Crippen LogP contribution in [0.25, 0.3) is 17.1 Å². The normalized spacial score (nSPS) is 12.2. The summed E-state index contributed by atoms with van der Waals surface area (Å²) in [5.74, 6) is -0.182. The zero-order chi connectivity index (χ0) is 18.8. The molecule has 1 aromatic carbocycles. The largest absolute Gasteiger partial charge is 0.349 e. The zero-order valence-corrected chi connectivity index (χ0v) is 16.3. The van der Waals surface area contributed by atoms with Crippen molar-refractivity contribution in [1.82, 2.24) is 19.7 Å². The molecule has 3 aromatic rings. The summed E-state index contributed by atoms with van der Waals surface area (Å²) in [5, 5.41) is 8.50.